The molecule has 1 aromatic carbocycles. The molecule has 100 valence electrons. The molecule has 1 aliphatic carbocycles. The Morgan fingerprint density at radius 2 is 2.32 bits per heavy atom. The number of nitrogens with two attached hydrogens (primary N) is 1. The monoisotopic (exact) mass is 258 g/mol. The van der Waals surface area contributed by atoms with Crippen LogP contribution in [0.2, 0.25) is 0 Å². The highest BCUT2D eigenvalue weighted by molar-refractivity contribution is 5.89. The molecule has 2 fully saturated rings. The summed E-state index contributed by atoms with van der Waals surface area (Å²) in [5.74, 6) is 0. The lowest BCUT2D eigenvalue weighted by Gasteiger charge is -2.39. The van der Waals surface area contributed by atoms with E-state index in [2.05, 4.69) is 21.2 Å². The molecule has 2 heterocycles. The van der Waals surface area contributed by atoms with Crippen molar-refractivity contribution in [3.63, 3.8) is 0 Å². The second kappa shape index (κ2) is 4.13. The number of nitrogen functional groups attached to an aromatic ring is 1. The van der Waals surface area contributed by atoms with Crippen molar-refractivity contribution in [1.82, 2.24) is 10.2 Å². The lowest BCUT2D eigenvalue weighted by atomic mass is 10.1. The van der Waals surface area contributed by atoms with Gasteiger partial charge in [0.2, 0.25) is 0 Å². The largest absolute Gasteiger partial charge is 0.397 e. The standard InChI is InChI=1S/C14H18N4O/c15-10-6-9-8-16-17-11(9)7-13(10)18-4-5-19-14-3-1-2-12(14)18/h6-8,12,14H,1-5,15H2,(H,16,17). The number of morpholine rings is 1. The van der Waals surface area contributed by atoms with E-state index in [-0.39, 0.29) is 0 Å². The summed E-state index contributed by atoms with van der Waals surface area (Å²) in [5, 5.41) is 8.16. The number of ether oxygens (including phenoxy) is 1. The van der Waals surface area contributed by atoms with Crippen LogP contribution < -0.4 is 10.6 Å². The van der Waals surface area contributed by atoms with Gasteiger partial charge in [-0.25, -0.2) is 0 Å². The van der Waals surface area contributed by atoms with E-state index in [0.29, 0.717) is 12.1 Å². The molecule has 4 rings (SSSR count). The zero-order valence-electron chi connectivity index (χ0n) is 10.8. The van der Waals surface area contributed by atoms with Crippen molar-refractivity contribution in [1.29, 1.82) is 0 Å². The summed E-state index contributed by atoms with van der Waals surface area (Å²) in [4.78, 5) is 2.43. The number of aromatic nitrogens is 2. The van der Waals surface area contributed by atoms with Crippen molar-refractivity contribution in [3.8, 4) is 0 Å². The van der Waals surface area contributed by atoms with Gasteiger partial charge >= 0.3 is 0 Å². The minimum Gasteiger partial charge on any atom is -0.397 e. The van der Waals surface area contributed by atoms with Gasteiger partial charge in [-0.1, -0.05) is 0 Å². The van der Waals surface area contributed by atoms with Crippen LogP contribution in [0, 0.1) is 0 Å². The number of rotatable bonds is 1. The molecule has 0 amide bonds. The lowest BCUT2D eigenvalue weighted by molar-refractivity contribution is 0.0257. The molecule has 1 saturated heterocycles. The summed E-state index contributed by atoms with van der Waals surface area (Å²) in [5.41, 5.74) is 9.24. The maximum Gasteiger partial charge on any atom is 0.0779 e. The predicted octanol–water partition coefficient (Wildman–Crippen LogP) is 1.90. The third kappa shape index (κ3) is 1.69. The Hall–Kier alpha value is -1.75. The SMILES string of the molecule is Nc1cc2cn[nH]c2cc1N1CCOC2CCCC21. The van der Waals surface area contributed by atoms with Crippen molar-refractivity contribution in [2.45, 2.75) is 31.4 Å². The number of fused-ring (bicyclic) bond motifs is 2. The van der Waals surface area contributed by atoms with E-state index < -0.39 is 0 Å². The maximum absolute atomic E-state index is 6.24. The van der Waals surface area contributed by atoms with Gasteiger partial charge in [-0.3, -0.25) is 5.10 Å². The average Bonchev–Trinajstić information content (AvgIpc) is 3.04. The summed E-state index contributed by atoms with van der Waals surface area (Å²) in [6.45, 7) is 1.71. The Morgan fingerprint density at radius 1 is 1.37 bits per heavy atom. The smallest absolute Gasteiger partial charge is 0.0779 e. The highest BCUT2D eigenvalue weighted by Gasteiger charge is 2.36. The van der Waals surface area contributed by atoms with Crippen LogP contribution >= 0.6 is 0 Å². The molecule has 5 nitrogen and oxygen atoms in total. The molecular weight excluding hydrogens is 240 g/mol. The fraction of sp³-hybridized carbons (Fsp3) is 0.500. The second-order valence-electron chi connectivity index (χ2n) is 5.47. The zero-order chi connectivity index (χ0) is 12.8. The molecule has 5 heteroatoms. The first-order valence-electron chi connectivity index (χ1n) is 6.94. The van der Waals surface area contributed by atoms with Crippen LogP contribution in [0.15, 0.2) is 18.3 Å². The van der Waals surface area contributed by atoms with Gasteiger partial charge in [-0.2, -0.15) is 5.10 Å². The first-order chi connectivity index (χ1) is 9.33. The highest BCUT2D eigenvalue weighted by Crippen LogP contribution is 2.37. The van der Waals surface area contributed by atoms with Crippen molar-refractivity contribution in [2.75, 3.05) is 23.8 Å². The molecule has 19 heavy (non-hydrogen) atoms. The van der Waals surface area contributed by atoms with E-state index in [1.165, 1.54) is 19.3 Å². The lowest BCUT2D eigenvalue weighted by Crippen LogP contribution is -2.48. The third-order valence-corrected chi connectivity index (χ3v) is 4.38. The Morgan fingerprint density at radius 3 is 3.26 bits per heavy atom. The Kier molecular flexibility index (Phi) is 2.41. The number of benzene rings is 1. The number of H-pyrrole nitrogens is 1. The third-order valence-electron chi connectivity index (χ3n) is 4.38. The van der Waals surface area contributed by atoms with E-state index in [0.717, 1.165) is 35.4 Å². The van der Waals surface area contributed by atoms with Gasteiger partial charge in [0.1, 0.15) is 0 Å². The van der Waals surface area contributed by atoms with E-state index in [4.69, 9.17) is 10.5 Å². The molecule has 0 spiro atoms. The van der Waals surface area contributed by atoms with Gasteiger partial charge in [0.05, 0.1) is 41.8 Å². The number of hydrogen-bond acceptors (Lipinski definition) is 4. The Balaban J connectivity index is 1.77. The molecule has 2 unspecified atom stereocenters. The van der Waals surface area contributed by atoms with Crippen molar-refractivity contribution < 1.29 is 4.74 Å². The van der Waals surface area contributed by atoms with E-state index in [9.17, 15) is 0 Å². The van der Waals surface area contributed by atoms with Gasteiger partial charge in [0, 0.05) is 11.9 Å². The van der Waals surface area contributed by atoms with Crippen molar-refractivity contribution >= 4 is 22.3 Å². The summed E-state index contributed by atoms with van der Waals surface area (Å²) >= 11 is 0. The van der Waals surface area contributed by atoms with Crippen molar-refractivity contribution in [2.24, 2.45) is 0 Å². The van der Waals surface area contributed by atoms with Crippen LogP contribution in [-0.4, -0.2) is 35.5 Å². The maximum atomic E-state index is 6.24. The second-order valence-corrected chi connectivity index (χ2v) is 5.47. The summed E-state index contributed by atoms with van der Waals surface area (Å²) < 4.78 is 5.86. The minimum absolute atomic E-state index is 0.380. The molecule has 0 bridgehead atoms. The van der Waals surface area contributed by atoms with Gasteiger partial charge < -0.3 is 15.4 Å². The van der Waals surface area contributed by atoms with Crippen LogP contribution in [0.25, 0.3) is 10.9 Å². The minimum atomic E-state index is 0.380. The molecular formula is C14H18N4O. The Bertz CT molecular complexity index is 609. The average molecular weight is 258 g/mol. The molecule has 2 aromatic rings. The van der Waals surface area contributed by atoms with Crippen LogP contribution in [-0.2, 0) is 4.74 Å². The molecule has 2 aliphatic rings. The number of nitrogens with one attached hydrogen (secondary N) is 1. The topological polar surface area (TPSA) is 67.2 Å². The van der Waals surface area contributed by atoms with E-state index >= 15 is 0 Å². The van der Waals surface area contributed by atoms with Gasteiger partial charge in [0.15, 0.2) is 0 Å². The first kappa shape index (κ1) is 11.1. The van der Waals surface area contributed by atoms with E-state index in [1.807, 2.05) is 12.3 Å². The number of anilines is 2. The molecule has 0 radical (unpaired) electrons. The molecule has 1 aromatic heterocycles. The van der Waals surface area contributed by atoms with Crippen LogP contribution in [0.5, 0.6) is 0 Å². The molecule has 3 N–H and O–H groups in total. The fourth-order valence-corrected chi connectivity index (χ4v) is 3.47. The number of nitrogens with zero attached hydrogens (tertiary/aromatic N) is 2. The number of hydrogen-bond donors (Lipinski definition) is 2. The zero-order valence-corrected chi connectivity index (χ0v) is 10.8. The Labute approximate surface area is 111 Å². The van der Waals surface area contributed by atoms with Crippen LogP contribution in [0.4, 0.5) is 11.4 Å². The van der Waals surface area contributed by atoms with Crippen molar-refractivity contribution in [3.05, 3.63) is 18.3 Å². The summed E-state index contributed by atoms with van der Waals surface area (Å²) in [7, 11) is 0. The molecule has 1 aliphatic heterocycles. The normalized spacial score (nSPS) is 26.8. The quantitative estimate of drug-likeness (QED) is 0.767. The van der Waals surface area contributed by atoms with Crippen LogP contribution in [0.3, 0.4) is 0 Å². The predicted molar refractivity (Wildman–Crippen MR) is 75.2 cm³/mol. The van der Waals surface area contributed by atoms with Gasteiger partial charge in [-0.05, 0) is 31.4 Å². The van der Waals surface area contributed by atoms with Gasteiger partial charge in [-0.15, -0.1) is 0 Å². The summed E-state index contributed by atoms with van der Waals surface area (Å²) in [6.07, 6.45) is 5.81. The number of aromatic amines is 1. The molecule has 2 atom stereocenters. The van der Waals surface area contributed by atoms with Gasteiger partial charge in [0.25, 0.3) is 0 Å². The highest BCUT2D eigenvalue weighted by atomic mass is 16.5. The summed E-state index contributed by atoms with van der Waals surface area (Å²) in [6, 6.07) is 4.61. The first-order valence-corrected chi connectivity index (χ1v) is 6.94. The fourth-order valence-electron chi connectivity index (χ4n) is 3.47. The van der Waals surface area contributed by atoms with E-state index in [1.54, 1.807) is 0 Å². The van der Waals surface area contributed by atoms with Crippen LogP contribution in [0.1, 0.15) is 19.3 Å². The molecule has 1 saturated carbocycles.